The van der Waals surface area contributed by atoms with Gasteiger partial charge in [0.25, 0.3) is 0 Å². The molecule has 0 aliphatic carbocycles. The van der Waals surface area contributed by atoms with Crippen molar-refractivity contribution in [1.82, 2.24) is 4.90 Å². The Morgan fingerprint density at radius 1 is 1.15 bits per heavy atom. The summed E-state index contributed by atoms with van der Waals surface area (Å²) in [6, 6.07) is 8.93. The van der Waals surface area contributed by atoms with E-state index in [4.69, 9.17) is 16.6 Å². The normalized spacial score (nSPS) is 20.2. The Kier molecular flexibility index (Phi) is 6.29. The molecule has 5 nitrogen and oxygen atoms in total. The summed E-state index contributed by atoms with van der Waals surface area (Å²) in [6.45, 7) is 3.55. The molecule has 2 atom stereocenters. The number of aldehydes is 1. The van der Waals surface area contributed by atoms with Crippen LogP contribution in [0.15, 0.2) is 59.2 Å². The maximum absolute atomic E-state index is 13.7. The Labute approximate surface area is 198 Å². The SMILES string of the molecule is CCS(=O)(=O)Cc1ccc2c(c1)C1=CN(C)C(C=O)C=C1[C@H](C)N=C2c1ccc(F)cc1Cl. The molecule has 0 amide bonds. The van der Waals surface area contributed by atoms with Crippen LogP contribution in [-0.4, -0.2) is 50.2 Å². The number of carbonyl (C=O) groups is 1. The molecule has 0 fully saturated rings. The fourth-order valence-electron chi connectivity index (χ4n) is 4.18. The van der Waals surface area contributed by atoms with Gasteiger partial charge in [-0.2, -0.15) is 0 Å². The quantitative estimate of drug-likeness (QED) is 0.586. The molecule has 0 radical (unpaired) electrons. The van der Waals surface area contributed by atoms with E-state index in [-0.39, 0.29) is 22.6 Å². The number of benzene rings is 2. The number of likely N-dealkylation sites (N-methyl/N-ethyl adjacent to an activating group) is 1. The fourth-order valence-corrected chi connectivity index (χ4v) is 5.32. The van der Waals surface area contributed by atoms with Gasteiger partial charge in [-0.3, -0.25) is 4.99 Å². The molecule has 2 aliphatic heterocycles. The Balaban J connectivity index is 1.98. The third kappa shape index (κ3) is 4.52. The third-order valence-corrected chi connectivity index (χ3v) is 7.98. The van der Waals surface area contributed by atoms with Crippen LogP contribution in [-0.2, 0) is 20.4 Å². The van der Waals surface area contributed by atoms with Crippen LogP contribution in [0.4, 0.5) is 4.39 Å². The third-order valence-electron chi connectivity index (χ3n) is 6.02. The van der Waals surface area contributed by atoms with Gasteiger partial charge in [0.2, 0.25) is 0 Å². The van der Waals surface area contributed by atoms with Crippen molar-refractivity contribution in [2.75, 3.05) is 12.8 Å². The molecule has 0 saturated carbocycles. The average Bonchev–Trinajstić information content (AvgIpc) is 2.87. The summed E-state index contributed by atoms with van der Waals surface area (Å²) in [4.78, 5) is 18.4. The minimum absolute atomic E-state index is 0.0522. The average molecular weight is 487 g/mol. The van der Waals surface area contributed by atoms with Crippen molar-refractivity contribution in [3.8, 4) is 0 Å². The number of hydrogen-bond donors (Lipinski definition) is 0. The molecule has 1 unspecified atom stereocenters. The van der Waals surface area contributed by atoms with Gasteiger partial charge in [0.05, 0.1) is 22.5 Å². The van der Waals surface area contributed by atoms with Gasteiger partial charge in [-0.1, -0.05) is 30.7 Å². The molecule has 2 aromatic rings. The summed E-state index contributed by atoms with van der Waals surface area (Å²) in [5.41, 5.74) is 5.13. The minimum atomic E-state index is -3.23. The maximum atomic E-state index is 13.7. The standard InChI is InChI=1S/C25H24ClFN2O3S/c1-4-33(31,32)14-16-5-7-19-22(9-16)23-12-29(3)18(13-30)11-21(23)15(2)28-25(19)20-8-6-17(27)10-24(20)26/h5-13,15,18H,4,14H2,1-3H3/t15-,18?/m0/s1. The van der Waals surface area contributed by atoms with Gasteiger partial charge in [-0.25, -0.2) is 12.8 Å². The maximum Gasteiger partial charge on any atom is 0.154 e. The molecule has 0 bridgehead atoms. The molecule has 33 heavy (non-hydrogen) atoms. The molecule has 0 spiro atoms. The molecule has 2 aliphatic rings. The van der Waals surface area contributed by atoms with Crippen molar-refractivity contribution in [2.24, 2.45) is 4.99 Å². The van der Waals surface area contributed by atoms with Crippen LogP contribution in [0, 0.1) is 5.82 Å². The first-order valence-electron chi connectivity index (χ1n) is 10.6. The molecular formula is C25H24ClFN2O3S. The van der Waals surface area contributed by atoms with Crippen LogP contribution in [0.2, 0.25) is 5.02 Å². The summed E-state index contributed by atoms with van der Waals surface area (Å²) in [6.07, 6.45) is 4.64. The molecule has 0 aromatic heterocycles. The van der Waals surface area contributed by atoms with Crippen molar-refractivity contribution in [3.63, 3.8) is 0 Å². The van der Waals surface area contributed by atoms with E-state index in [9.17, 15) is 17.6 Å². The second-order valence-electron chi connectivity index (χ2n) is 8.29. The molecule has 8 heteroatoms. The Bertz CT molecular complexity index is 1330. The monoisotopic (exact) mass is 486 g/mol. The van der Waals surface area contributed by atoms with E-state index in [0.717, 1.165) is 28.6 Å². The van der Waals surface area contributed by atoms with Gasteiger partial charge >= 0.3 is 0 Å². The van der Waals surface area contributed by atoms with Crippen LogP contribution in [0.3, 0.4) is 0 Å². The zero-order valence-electron chi connectivity index (χ0n) is 18.5. The zero-order valence-corrected chi connectivity index (χ0v) is 20.1. The van der Waals surface area contributed by atoms with Gasteiger partial charge in [0, 0.05) is 35.7 Å². The Hall–Kier alpha value is -2.77. The number of carbonyl (C=O) groups excluding carboxylic acids is 1. The zero-order chi connectivity index (χ0) is 23.9. The summed E-state index contributed by atoms with van der Waals surface area (Å²) in [7, 11) is -1.41. The lowest BCUT2D eigenvalue weighted by atomic mass is 9.87. The fraction of sp³-hybridized carbons (Fsp3) is 0.280. The van der Waals surface area contributed by atoms with E-state index in [1.54, 1.807) is 19.1 Å². The first-order valence-corrected chi connectivity index (χ1v) is 12.8. The number of rotatable bonds is 5. The summed E-state index contributed by atoms with van der Waals surface area (Å²) in [5.74, 6) is -0.466. The summed E-state index contributed by atoms with van der Waals surface area (Å²) in [5, 5.41) is 0.236. The lowest BCUT2D eigenvalue weighted by Gasteiger charge is -2.29. The van der Waals surface area contributed by atoms with E-state index in [1.807, 2.05) is 43.3 Å². The van der Waals surface area contributed by atoms with Crippen molar-refractivity contribution >= 4 is 39.0 Å². The van der Waals surface area contributed by atoms with Gasteiger partial charge in [-0.15, -0.1) is 0 Å². The lowest BCUT2D eigenvalue weighted by molar-refractivity contribution is -0.110. The van der Waals surface area contributed by atoms with Gasteiger partial charge in [0.15, 0.2) is 9.84 Å². The van der Waals surface area contributed by atoms with Crippen molar-refractivity contribution in [3.05, 3.63) is 87.3 Å². The summed E-state index contributed by atoms with van der Waals surface area (Å²) < 4.78 is 38.3. The summed E-state index contributed by atoms with van der Waals surface area (Å²) >= 11 is 6.41. The van der Waals surface area contributed by atoms with Crippen LogP contribution in [0.1, 0.15) is 36.1 Å². The highest BCUT2D eigenvalue weighted by atomic mass is 35.5. The molecule has 2 aromatic carbocycles. The molecule has 2 heterocycles. The largest absolute Gasteiger partial charge is 0.367 e. The van der Waals surface area contributed by atoms with Gasteiger partial charge in [0.1, 0.15) is 18.1 Å². The Morgan fingerprint density at radius 2 is 1.88 bits per heavy atom. The van der Waals surface area contributed by atoms with Gasteiger partial charge in [-0.05, 0) is 54.0 Å². The van der Waals surface area contributed by atoms with Gasteiger partial charge < -0.3 is 9.69 Å². The number of nitrogens with zero attached hydrogens (tertiary/aromatic N) is 2. The molecule has 0 N–H and O–H groups in total. The predicted octanol–water partition coefficient (Wildman–Crippen LogP) is 4.43. The first kappa shape index (κ1) is 23.4. The number of sulfone groups is 1. The first-order chi connectivity index (χ1) is 15.6. The number of hydrogen-bond acceptors (Lipinski definition) is 5. The highest BCUT2D eigenvalue weighted by molar-refractivity contribution is 7.90. The predicted molar refractivity (Wildman–Crippen MR) is 130 cm³/mol. The van der Waals surface area contributed by atoms with Crippen molar-refractivity contribution < 1.29 is 17.6 Å². The highest BCUT2D eigenvalue weighted by Crippen LogP contribution is 2.39. The molecule has 4 rings (SSSR count). The molecular weight excluding hydrogens is 463 g/mol. The number of aliphatic imine (C=N–C) groups is 1. The van der Waals surface area contributed by atoms with E-state index in [2.05, 4.69) is 0 Å². The smallest absolute Gasteiger partial charge is 0.154 e. The topological polar surface area (TPSA) is 66.8 Å². The second kappa shape index (κ2) is 8.88. The molecule has 172 valence electrons. The van der Waals surface area contributed by atoms with E-state index >= 15 is 0 Å². The van der Waals surface area contributed by atoms with E-state index < -0.39 is 21.7 Å². The van der Waals surface area contributed by atoms with E-state index in [1.165, 1.54) is 12.1 Å². The van der Waals surface area contributed by atoms with Crippen molar-refractivity contribution in [2.45, 2.75) is 31.7 Å². The number of fused-ring (bicyclic) bond motifs is 3. The Morgan fingerprint density at radius 3 is 2.55 bits per heavy atom. The van der Waals surface area contributed by atoms with Crippen LogP contribution in [0.5, 0.6) is 0 Å². The minimum Gasteiger partial charge on any atom is -0.367 e. The van der Waals surface area contributed by atoms with E-state index in [0.29, 0.717) is 16.8 Å². The van der Waals surface area contributed by atoms with Crippen LogP contribution < -0.4 is 0 Å². The lowest BCUT2D eigenvalue weighted by Crippen LogP contribution is -2.31. The highest BCUT2D eigenvalue weighted by Gasteiger charge is 2.30. The second-order valence-corrected chi connectivity index (χ2v) is 11.1. The molecule has 0 saturated heterocycles. The van der Waals surface area contributed by atoms with Crippen LogP contribution >= 0.6 is 11.6 Å². The van der Waals surface area contributed by atoms with Crippen LogP contribution in [0.25, 0.3) is 5.57 Å². The number of halogens is 2. The van der Waals surface area contributed by atoms with Crippen molar-refractivity contribution in [1.29, 1.82) is 0 Å².